The first-order valence-corrected chi connectivity index (χ1v) is 8.57. The lowest BCUT2D eigenvalue weighted by molar-refractivity contribution is 0.0618. The zero-order valence-electron chi connectivity index (χ0n) is 13.9. The molecule has 7 nitrogen and oxygen atoms in total. The number of ether oxygens (including phenoxy) is 2. The first-order valence-electron chi connectivity index (χ1n) is 8.19. The molecule has 0 radical (unpaired) electrons. The predicted molar refractivity (Wildman–Crippen MR) is 92.0 cm³/mol. The number of hydrogen-bond acceptors (Lipinski definition) is 5. The Morgan fingerprint density at radius 2 is 1.96 bits per heavy atom. The molecule has 2 aromatic rings. The molecule has 0 unspecified atom stereocenters. The van der Waals surface area contributed by atoms with Crippen LogP contribution in [0.2, 0.25) is 5.02 Å². The van der Waals surface area contributed by atoms with Crippen LogP contribution in [0.25, 0.3) is 0 Å². The number of piperazine rings is 1. The summed E-state index contributed by atoms with van der Waals surface area (Å²) < 4.78 is 12.3. The van der Waals surface area contributed by atoms with Gasteiger partial charge in [0, 0.05) is 39.8 Å². The fraction of sp³-hybridized carbons (Fsp3) is 0.412. The predicted octanol–water partition coefficient (Wildman–Crippen LogP) is 1.76. The van der Waals surface area contributed by atoms with Gasteiger partial charge in [0.1, 0.15) is 5.69 Å². The van der Waals surface area contributed by atoms with Crippen LogP contribution in [0.3, 0.4) is 0 Å². The molecular weight excluding hydrogens is 344 g/mol. The van der Waals surface area contributed by atoms with E-state index in [0.717, 1.165) is 31.1 Å². The van der Waals surface area contributed by atoms with Gasteiger partial charge in [-0.15, -0.1) is 0 Å². The Bertz CT molecular complexity index is 780. The van der Waals surface area contributed by atoms with E-state index in [0.29, 0.717) is 23.8 Å². The average Bonchev–Trinajstić information content (AvgIpc) is 3.21. The van der Waals surface area contributed by atoms with Gasteiger partial charge in [-0.2, -0.15) is 5.10 Å². The minimum atomic E-state index is -0.0623. The maximum absolute atomic E-state index is 12.6. The summed E-state index contributed by atoms with van der Waals surface area (Å²) in [4.78, 5) is 16.8. The van der Waals surface area contributed by atoms with E-state index in [9.17, 15) is 4.79 Å². The summed E-state index contributed by atoms with van der Waals surface area (Å²) in [6, 6.07) is 6.03. The van der Waals surface area contributed by atoms with Gasteiger partial charge in [-0.3, -0.25) is 14.4 Å². The Hall–Kier alpha value is -2.25. The molecule has 0 atom stereocenters. The highest BCUT2D eigenvalue weighted by molar-refractivity contribution is 6.33. The number of hydrogen-bond donors (Lipinski definition) is 0. The van der Waals surface area contributed by atoms with E-state index in [1.807, 2.05) is 17.0 Å². The molecule has 25 heavy (non-hydrogen) atoms. The number of fused-ring (bicyclic) bond motifs is 1. The molecule has 1 aromatic heterocycles. The second kappa shape index (κ2) is 6.57. The van der Waals surface area contributed by atoms with Gasteiger partial charge < -0.3 is 14.4 Å². The second-order valence-electron chi connectivity index (χ2n) is 6.22. The fourth-order valence-electron chi connectivity index (χ4n) is 3.21. The Morgan fingerprint density at radius 1 is 1.20 bits per heavy atom. The maximum atomic E-state index is 12.6. The average molecular weight is 363 g/mol. The van der Waals surface area contributed by atoms with Gasteiger partial charge in [0.2, 0.25) is 6.79 Å². The molecule has 1 saturated heterocycles. The van der Waals surface area contributed by atoms with Crippen LogP contribution < -0.4 is 9.47 Å². The van der Waals surface area contributed by atoms with Crippen molar-refractivity contribution >= 4 is 17.5 Å². The Labute approximate surface area is 150 Å². The molecule has 1 amide bonds. The molecule has 0 spiro atoms. The highest BCUT2D eigenvalue weighted by atomic mass is 35.5. The van der Waals surface area contributed by atoms with E-state index in [1.165, 1.54) is 16.4 Å². The summed E-state index contributed by atoms with van der Waals surface area (Å²) in [5.74, 6) is 1.54. The molecule has 2 aliphatic rings. The normalized spacial score (nSPS) is 17.1. The summed E-state index contributed by atoms with van der Waals surface area (Å²) in [6.45, 7) is 4.09. The summed E-state index contributed by atoms with van der Waals surface area (Å²) >= 11 is 6.08. The molecule has 2 aliphatic heterocycles. The van der Waals surface area contributed by atoms with Crippen LogP contribution in [-0.4, -0.2) is 58.5 Å². The first kappa shape index (κ1) is 16.2. The second-order valence-corrected chi connectivity index (χ2v) is 6.63. The summed E-state index contributed by atoms with van der Waals surface area (Å²) in [7, 11) is 1.73. The molecule has 1 fully saturated rings. The zero-order valence-corrected chi connectivity index (χ0v) is 14.7. The van der Waals surface area contributed by atoms with Crippen molar-refractivity contribution in [2.45, 2.75) is 6.54 Å². The summed E-state index contributed by atoms with van der Waals surface area (Å²) in [6.07, 6.45) is 1.50. The van der Waals surface area contributed by atoms with Crippen LogP contribution in [0, 0.1) is 0 Å². The fourth-order valence-corrected chi connectivity index (χ4v) is 3.45. The highest BCUT2D eigenvalue weighted by Crippen LogP contribution is 2.32. The molecular formula is C17H19ClN4O3. The van der Waals surface area contributed by atoms with Crippen molar-refractivity contribution in [2.24, 2.45) is 7.05 Å². The van der Waals surface area contributed by atoms with Gasteiger partial charge in [0.25, 0.3) is 5.91 Å². The summed E-state index contributed by atoms with van der Waals surface area (Å²) in [5.41, 5.74) is 1.63. The lowest BCUT2D eigenvalue weighted by Crippen LogP contribution is -2.48. The molecule has 3 heterocycles. The molecule has 0 bridgehead atoms. The van der Waals surface area contributed by atoms with E-state index in [4.69, 9.17) is 21.1 Å². The van der Waals surface area contributed by atoms with Gasteiger partial charge in [0.15, 0.2) is 11.5 Å². The largest absolute Gasteiger partial charge is 0.454 e. The van der Waals surface area contributed by atoms with Crippen molar-refractivity contribution in [1.29, 1.82) is 0 Å². The van der Waals surface area contributed by atoms with Crippen molar-refractivity contribution in [3.05, 3.63) is 40.7 Å². The van der Waals surface area contributed by atoms with Crippen LogP contribution in [0.4, 0.5) is 0 Å². The number of aromatic nitrogens is 2. The van der Waals surface area contributed by atoms with E-state index < -0.39 is 0 Å². The minimum absolute atomic E-state index is 0.0623. The lowest BCUT2D eigenvalue weighted by atomic mass is 10.1. The van der Waals surface area contributed by atoms with E-state index >= 15 is 0 Å². The minimum Gasteiger partial charge on any atom is -0.454 e. The van der Waals surface area contributed by atoms with E-state index in [-0.39, 0.29) is 12.7 Å². The van der Waals surface area contributed by atoms with Gasteiger partial charge in [-0.05, 0) is 17.7 Å². The van der Waals surface area contributed by atoms with E-state index in [2.05, 4.69) is 16.1 Å². The van der Waals surface area contributed by atoms with Crippen LogP contribution in [-0.2, 0) is 13.6 Å². The number of halogens is 1. The van der Waals surface area contributed by atoms with Crippen molar-refractivity contribution in [3.8, 4) is 11.5 Å². The van der Waals surface area contributed by atoms with Crippen LogP contribution in [0.15, 0.2) is 24.4 Å². The quantitative estimate of drug-likeness (QED) is 0.832. The third-order valence-electron chi connectivity index (χ3n) is 4.60. The van der Waals surface area contributed by atoms with Crippen LogP contribution in [0.1, 0.15) is 16.1 Å². The Balaban J connectivity index is 1.36. The monoisotopic (exact) mass is 362 g/mol. The van der Waals surface area contributed by atoms with Crippen molar-refractivity contribution in [2.75, 3.05) is 33.0 Å². The van der Waals surface area contributed by atoms with Crippen LogP contribution in [0.5, 0.6) is 11.5 Å². The number of carbonyl (C=O) groups excluding carboxylic acids is 1. The smallest absolute Gasteiger partial charge is 0.273 e. The number of aryl methyl sites for hydroxylation is 1. The van der Waals surface area contributed by atoms with Gasteiger partial charge >= 0.3 is 0 Å². The SMILES string of the molecule is Cn1ncc(Cl)c1C(=O)N1CCN(Cc2ccc3c(c2)OCO3)CC1. The molecule has 8 heteroatoms. The van der Waals surface area contributed by atoms with Gasteiger partial charge in [0.05, 0.1) is 11.2 Å². The van der Waals surface area contributed by atoms with Crippen molar-refractivity contribution in [1.82, 2.24) is 19.6 Å². The summed E-state index contributed by atoms with van der Waals surface area (Å²) in [5, 5.41) is 4.43. The van der Waals surface area contributed by atoms with Crippen LogP contribution >= 0.6 is 11.6 Å². The molecule has 1 aromatic carbocycles. The third kappa shape index (κ3) is 3.17. The standard InChI is InChI=1S/C17H19ClN4O3/c1-20-16(13(18)9-19-20)17(23)22-6-4-21(5-7-22)10-12-2-3-14-15(8-12)25-11-24-14/h2-3,8-9H,4-7,10-11H2,1H3. The Morgan fingerprint density at radius 3 is 2.68 bits per heavy atom. The zero-order chi connectivity index (χ0) is 17.4. The number of carbonyl (C=O) groups is 1. The van der Waals surface area contributed by atoms with E-state index in [1.54, 1.807) is 7.05 Å². The molecule has 0 aliphatic carbocycles. The third-order valence-corrected chi connectivity index (χ3v) is 4.88. The first-order chi connectivity index (χ1) is 12.1. The number of benzene rings is 1. The topological polar surface area (TPSA) is 59.8 Å². The van der Waals surface area contributed by atoms with Gasteiger partial charge in [-0.25, -0.2) is 0 Å². The molecule has 0 saturated carbocycles. The highest BCUT2D eigenvalue weighted by Gasteiger charge is 2.26. The molecule has 0 N–H and O–H groups in total. The Kier molecular flexibility index (Phi) is 4.27. The van der Waals surface area contributed by atoms with Gasteiger partial charge in [-0.1, -0.05) is 17.7 Å². The maximum Gasteiger partial charge on any atom is 0.273 e. The molecule has 132 valence electrons. The molecule has 4 rings (SSSR count). The van der Waals surface area contributed by atoms with Crippen molar-refractivity contribution in [3.63, 3.8) is 0 Å². The number of amides is 1. The lowest BCUT2D eigenvalue weighted by Gasteiger charge is -2.34. The van der Waals surface area contributed by atoms with Crippen molar-refractivity contribution < 1.29 is 14.3 Å². The number of nitrogens with zero attached hydrogens (tertiary/aromatic N) is 4. The number of rotatable bonds is 3.